The normalized spacial score (nSPS) is 10.9. The fourth-order valence-electron chi connectivity index (χ4n) is 1.44. The summed E-state index contributed by atoms with van der Waals surface area (Å²) in [6.45, 7) is 4.11. The minimum Gasteiger partial charge on any atom is -0.241 e. The van der Waals surface area contributed by atoms with Crippen molar-refractivity contribution in [2.24, 2.45) is 0 Å². The molecule has 0 saturated heterocycles. The number of benzene rings is 1. The summed E-state index contributed by atoms with van der Waals surface area (Å²) in [5.74, 6) is 0. The standard InChI is InChI=1S/C11H9Br2N/c1-6-3-9(12)8-5-7(2)11(13)14-10(8)4-6/h3-5H,1-2H3. The summed E-state index contributed by atoms with van der Waals surface area (Å²) in [5, 5.41) is 1.16. The SMILES string of the molecule is Cc1cc(Br)c2cc(C)c(Br)nc2c1. The van der Waals surface area contributed by atoms with Gasteiger partial charge in [-0.15, -0.1) is 0 Å². The van der Waals surface area contributed by atoms with Crippen LogP contribution in [0.3, 0.4) is 0 Å². The van der Waals surface area contributed by atoms with Gasteiger partial charge in [0.05, 0.1) is 5.52 Å². The molecule has 1 aromatic heterocycles. The van der Waals surface area contributed by atoms with Crippen molar-refractivity contribution < 1.29 is 0 Å². The van der Waals surface area contributed by atoms with Crippen molar-refractivity contribution in [2.75, 3.05) is 0 Å². The lowest BCUT2D eigenvalue weighted by Crippen LogP contribution is -1.86. The van der Waals surface area contributed by atoms with Crippen LogP contribution in [-0.2, 0) is 0 Å². The average molecular weight is 315 g/mol. The van der Waals surface area contributed by atoms with E-state index in [-0.39, 0.29) is 0 Å². The van der Waals surface area contributed by atoms with E-state index in [1.54, 1.807) is 0 Å². The molecule has 0 fully saturated rings. The molecule has 3 heteroatoms. The molecule has 1 heterocycles. The van der Waals surface area contributed by atoms with Gasteiger partial charge in [0.1, 0.15) is 4.60 Å². The molecule has 2 aromatic rings. The third-order valence-corrected chi connectivity index (χ3v) is 3.62. The zero-order valence-electron chi connectivity index (χ0n) is 7.94. The fourth-order valence-corrected chi connectivity index (χ4v) is 2.42. The molecule has 14 heavy (non-hydrogen) atoms. The minimum atomic E-state index is 0.919. The van der Waals surface area contributed by atoms with Gasteiger partial charge < -0.3 is 0 Å². The molecule has 0 bridgehead atoms. The van der Waals surface area contributed by atoms with Crippen LogP contribution in [0.1, 0.15) is 11.1 Å². The largest absolute Gasteiger partial charge is 0.241 e. The van der Waals surface area contributed by atoms with Crippen molar-refractivity contribution in [3.63, 3.8) is 0 Å². The molecule has 1 nitrogen and oxygen atoms in total. The Bertz CT molecular complexity index is 506. The molecule has 2 rings (SSSR count). The van der Waals surface area contributed by atoms with Gasteiger partial charge in [-0.2, -0.15) is 0 Å². The second-order valence-corrected chi connectivity index (χ2v) is 5.01. The van der Waals surface area contributed by atoms with Gasteiger partial charge in [-0.3, -0.25) is 0 Å². The first-order chi connectivity index (χ1) is 6.58. The lowest BCUT2D eigenvalue weighted by molar-refractivity contribution is 1.27. The van der Waals surface area contributed by atoms with Crippen molar-refractivity contribution in [3.05, 3.63) is 38.4 Å². The van der Waals surface area contributed by atoms with Gasteiger partial charge >= 0.3 is 0 Å². The van der Waals surface area contributed by atoms with Crippen LogP contribution >= 0.6 is 31.9 Å². The molecule has 0 aliphatic carbocycles. The zero-order chi connectivity index (χ0) is 10.3. The second kappa shape index (κ2) is 3.63. The first-order valence-corrected chi connectivity index (χ1v) is 5.89. The molecule has 1 aromatic carbocycles. The summed E-state index contributed by atoms with van der Waals surface area (Å²) in [5.41, 5.74) is 3.39. The van der Waals surface area contributed by atoms with E-state index in [0.717, 1.165) is 25.5 Å². The number of pyridine rings is 1. The topological polar surface area (TPSA) is 12.9 Å². The fraction of sp³-hybridized carbons (Fsp3) is 0.182. The number of aryl methyl sites for hydroxylation is 2. The molecular weight excluding hydrogens is 306 g/mol. The Morgan fingerprint density at radius 2 is 1.79 bits per heavy atom. The van der Waals surface area contributed by atoms with Crippen molar-refractivity contribution in [1.82, 2.24) is 4.98 Å². The number of halogens is 2. The summed E-state index contributed by atoms with van der Waals surface area (Å²) >= 11 is 6.99. The molecule has 0 unspecified atom stereocenters. The summed E-state index contributed by atoms with van der Waals surface area (Å²) < 4.78 is 2.03. The van der Waals surface area contributed by atoms with Crippen LogP contribution in [0, 0.1) is 13.8 Å². The molecule has 0 saturated carbocycles. The number of rotatable bonds is 0. The Balaban J connectivity index is 2.89. The van der Waals surface area contributed by atoms with Crippen LogP contribution in [0.25, 0.3) is 10.9 Å². The van der Waals surface area contributed by atoms with Gasteiger partial charge in [-0.25, -0.2) is 4.98 Å². The maximum absolute atomic E-state index is 4.48. The second-order valence-electron chi connectivity index (χ2n) is 3.41. The van der Waals surface area contributed by atoms with Crippen LogP contribution < -0.4 is 0 Å². The average Bonchev–Trinajstić information content (AvgIpc) is 2.08. The molecule has 0 atom stereocenters. The highest BCUT2D eigenvalue weighted by atomic mass is 79.9. The van der Waals surface area contributed by atoms with Gasteiger partial charge in [-0.05, 0) is 59.1 Å². The minimum absolute atomic E-state index is 0.919. The summed E-state index contributed by atoms with van der Waals surface area (Å²) in [6.07, 6.45) is 0. The Morgan fingerprint density at radius 3 is 2.50 bits per heavy atom. The maximum Gasteiger partial charge on any atom is 0.109 e. The molecular formula is C11H9Br2N. The first-order valence-electron chi connectivity index (χ1n) is 4.31. The number of fused-ring (bicyclic) bond motifs is 1. The smallest absolute Gasteiger partial charge is 0.109 e. The van der Waals surface area contributed by atoms with Crippen LogP contribution in [0.4, 0.5) is 0 Å². The zero-order valence-corrected chi connectivity index (χ0v) is 11.1. The van der Waals surface area contributed by atoms with E-state index in [1.165, 1.54) is 5.56 Å². The van der Waals surface area contributed by atoms with E-state index >= 15 is 0 Å². The molecule has 0 N–H and O–H groups in total. The van der Waals surface area contributed by atoms with Crippen LogP contribution in [0.15, 0.2) is 27.3 Å². The third-order valence-electron chi connectivity index (χ3n) is 2.16. The Labute approximate surface area is 99.8 Å². The van der Waals surface area contributed by atoms with Crippen molar-refractivity contribution >= 4 is 42.8 Å². The predicted octanol–water partition coefficient (Wildman–Crippen LogP) is 4.38. The van der Waals surface area contributed by atoms with Gasteiger partial charge in [0.2, 0.25) is 0 Å². The van der Waals surface area contributed by atoms with E-state index in [0.29, 0.717) is 0 Å². The Morgan fingerprint density at radius 1 is 1.07 bits per heavy atom. The van der Waals surface area contributed by atoms with Gasteiger partial charge in [0.25, 0.3) is 0 Å². The van der Waals surface area contributed by atoms with E-state index in [9.17, 15) is 0 Å². The number of hydrogen-bond acceptors (Lipinski definition) is 1. The summed E-state index contributed by atoms with van der Waals surface area (Å²) in [6, 6.07) is 6.33. The van der Waals surface area contributed by atoms with Crippen LogP contribution in [0.5, 0.6) is 0 Å². The van der Waals surface area contributed by atoms with Crippen molar-refractivity contribution in [2.45, 2.75) is 13.8 Å². The number of aromatic nitrogens is 1. The van der Waals surface area contributed by atoms with E-state index < -0.39 is 0 Å². The molecule has 0 radical (unpaired) electrons. The lowest BCUT2D eigenvalue weighted by atomic mass is 10.1. The van der Waals surface area contributed by atoms with E-state index in [2.05, 4.69) is 62.0 Å². The highest BCUT2D eigenvalue weighted by Crippen LogP contribution is 2.27. The highest BCUT2D eigenvalue weighted by molar-refractivity contribution is 9.11. The number of hydrogen-bond donors (Lipinski definition) is 0. The van der Waals surface area contributed by atoms with Gasteiger partial charge in [-0.1, -0.05) is 15.9 Å². The monoisotopic (exact) mass is 313 g/mol. The quantitative estimate of drug-likeness (QED) is 0.658. The lowest BCUT2D eigenvalue weighted by Gasteiger charge is -2.05. The molecule has 0 aliphatic heterocycles. The van der Waals surface area contributed by atoms with E-state index in [4.69, 9.17) is 0 Å². The van der Waals surface area contributed by atoms with E-state index in [1.807, 2.05) is 6.92 Å². The predicted molar refractivity (Wildman–Crippen MR) is 66.6 cm³/mol. The Hall–Kier alpha value is -0.410. The number of nitrogens with zero attached hydrogens (tertiary/aromatic N) is 1. The van der Waals surface area contributed by atoms with Crippen molar-refractivity contribution in [3.8, 4) is 0 Å². The Kier molecular flexibility index (Phi) is 2.62. The van der Waals surface area contributed by atoms with Crippen molar-refractivity contribution in [1.29, 1.82) is 0 Å². The van der Waals surface area contributed by atoms with Gasteiger partial charge in [0.15, 0.2) is 0 Å². The highest BCUT2D eigenvalue weighted by Gasteiger charge is 2.04. The summed E-state index contributed by atoms with van der Waals surface area (Å²) in [7, 11) is 0. The molecule has 0 spiro atoms. The maximum atomic E-state index is 4.48. The molecule has 0 amide bonds. The summed E-state index contributed by atoms with van der Waals surface area (Å²) in [4.78, 5) is 4.48. The van der Waals surface area contributed by atoms with Crippen LogP contribution in [-0.4, -0.2) is 4.98 Å². The molecule has 72 valence electrons. The van der Waals surface area contributed by atoms with Crippen LogP contribution in [0.2, 0.25) is 0 Å². The molecule has 0 aliphatic rings. The van der Waals surface area contributed by atoms with Gasteiger partial charge in [0, 0.05) is 9.86 Å². The third kappa shape index (κ3) is 1.71. The first kappa shape index (κ1) is 10.1.